The lowest BCUT2D eigenvalue weighted by Gasteiger charge is -2.33. The summed E-state index contributed by atoms with van der Waals surface area (Å²) in [7, 11) is 3.86. The number of carbonyl (C=O) groups is 2. The highest BCUT2D eigenvalue weighted by Gasteiger charge is 2.45. The fraction of sp³-hybridized carbons (Fsp3) is 0.259. The minimum absolute atomic E-state index is 0.0235. The van der Waals surface area contributed by atoms with Crippen LogP contribution in [0.5, 0.6) is 5.75 Å². The van der Waals surface area contributed by atoms with E-state index in [1.54, 1.807) is 11.0 Å². The van der Waals surface area contributed by atoms with E-state index in [0.29, 0.717) is 6.61 Å². The molecule has 0 bridgehead atoms. The predicted molar refractivity (Wildman–Crippen MR) is 128 cm³/mol. The van der Waals surface area contributed by atoms with Crippen molar-refractivity contribution in [2.75, 3.05) is 27.2 Å². The molecule has 2 unspecified atom stereocenters. The van der Waals surface area contributed by atoms with Gasteiger partial charge in [0.05, 0.1) is 30.5 Å². The fourth-order valence-corrected chi connectivity index (χ4v) is 4.30. The highest BCUT2D eigenvalue weighted by Crippen LogP contribution is 2.40. The summed E-state index contributed by atoms with van der Waals surface area (Å²) >= 11 is 0. The van der Waals surface area contributed by atoms with Crippen LogP contribution in [0.1, 0.15) is 40.7 Å². The number of likely N-dealkylation sites (N-methyl/N-ethyl adjacent to an activating group) is 1. The first-order valence-electron chi connectivity index (χ1n) is 11.2. The van der Waals surface area contributed by atoms with Crippen LogP contribution in [0.25, 0.3) is 0 Å². The number of aliphatic hydroxyl groups is 1. The van der Waals surface area contributed by atoms with Crippen LogP contribution in [0, 0.1) is 0 Å². The van der Waals surface area contributed by atoms with Gasteiger partial charge in [-0.2, -0.15) is 0 Å². The molecule has 2 heterocycles. The summed E-state index contributed by atoms with van der Waals surface area (Å²) in [5.74, 6) is -0.780. The van der Waals surface area contributed by atoms with Crippen molar-refractivity contribution in [3.63, 3.8) is 0 Å². The number of Topliss-reactive ketones (excluding diaryl/α,β-unsaturated/α-hetero) is 1. The molecule has 0 fully saturated rings. The fourth-order valence-electron chi connectivity index (χ4n) is 4.30. The summed E-state index contributed by atoms with van der Waals surface area (Å²) in [6.07, 6.45) is 1.39. The quantitative estimate of drug-likeness (QED) is 0.472. The van der Waals surface area contributed by atoms with Crippen molar-refractivity contribution < 1.29 is 23.8 Å². The third kappa shape index (κ3) is 4.47. The molecule has 1 aromatic heterocycles. The Hall–Kier alpha value is -3.84. The van der Waals surface area contributed by atoms with Gasteiger partial charge in [-0.1, -0.05) is 42.5 Å². The Bertz CT molecular complexity index is 1170. The number of nitrogens with zero attached hydrogens (tertiary/aromatic N) is 2. The van der Waals surface area contributed by atoms with Crippen molar-refractivity contribution in [3.8, 4) is 5.75 Å². The molecule has 4 rings (SSSR count). The van der Waals surface area contributed by atoms with Gasteiger partial charge in [-0.3, -0.25) is 9.59 Å². The molecule has 0 radical (unpaired) electrons. The lowest BCUT2D eigenvalue weighted by Crippen LogP contribution is -2.38. The maximum Gasteiger partial charge on any atom is 0.290 e. The number of amides is 1. The van der Waals surface area contributed by atoms with Crippen LogP contribution in [-0.2, 0) is 4.79 Å². The SMILES string of the molecule is CCOc1ccc(C(CN2C(=O)C(O)=C(C(=O)c3ccco3)C2c2ccccc2)N(C)C)cc1. The molecule has 3 aromatic rings. The number of ether oxygens (including phenoxy) is 1. The molecule has 1 amide bonds. The summed E-state index contributed by atoms with van der Waals surface area (Å²) in [6, 6.07) is 19.2. The van der Waals surface area contributed by atoms with Crippen molar-refractivity contribution in [2.45, 2.75) is 19.0 Å². The molecule has 0 saturated carbocycles. The summed E-state index contributed by atoms with van der Waals surface area (Å²) in [6.45, 7) is 2.77. The third-order valence-corrected chi connectivity index (χ3v) is 5.98. The maximum atomic E-state index is 13.3. The maximum absolute atomic E-state index is 13.3. The lowest BCUT2D eigenvalue weighted by atomic mass is 9.94. The van der Waals surface area contributed by atoms with Gasteiger partial charge in [0.15, 0.2) is 11.5 Å². The van der Waals surface area contributed by atoms with Crippen molar-refractivity contribution in [2.24, 2.45) is 0 Å². The molecule has 1 N–H and O–H groups in total. The third-order valence-electron chi connectivity index (χ3n) is 5.98. The number of benzene rings is 2. The number of carbonyl (C=O) groups excluding carboxylic acids is 2. The minimum Gasteiger partial charge on any atom is -0.503 e. The van der Waals surface area contributed by atoms with Gasteiger partial charge in [-0.05, 0) is 56.4 Å². The van der Waals surface area contributed by atoms with E-state index in [0.717, 1.165) is 16.9 Å². The van der Waals surface area contributed by atoms with E-state index in [2.05, 4.69) is 0 Å². The molecular weight excluding hydrogens is 432 g/mol. The lowest BCUT2D eigenvalue weighted by molar-refractivity contribution is -0.130. The van der Waals surface area contributed by atoms with Crippen molar-refractivity contribution in [1.82, 2.24) is 9.80 Å². The molecule has 176 valence electrons. The molecular formula is C27H28N2O5. The zero-order valence-electron chi connectivity index (χ0n) is 19.5. The number of rotatable bonds is 9. The summed E-state index contributed by atoms with van der Waals surface area (Å²) in [5, 5.41) is 10.8. The van der Waals surface area contributed by atoms with Gasteiger partial charge in [0.2, 0.25) is 5.78 Å². The molecule has 1 aliphatic rings. The molecule has 7 heteroatoms. The van der Waals surface area contributed by atoms with E-state index in [-0.39, 0.29) is 23.9 Å². The molecule has 7 nitrogen and oxygen atoms in total. The first-order chi connectivity index (χ1) is 16.4. The van der Waals surface area contributed by atoms with E-state index in [9.17, 15) is 14.7 Å². The van der Waals surface area contributed by atoms with Crippen LogP contribution in [0.15, 0.2) is 88.7 Å². The van der Waals surface area contributed by atoms with E-state index < -0.39 is 23.5 Å². The largest absolute Gasteiger partial charge is 0.503 e. The Morgan fingerprint density at radius 2 is 1.79 bits per heavy atom. The number of hydrogen-bond donors (Lipinski definition) is 1. The van der Waals surface area contributed by atoms with E-state index in [4.69, 9.17) is 9.15 Å². The second-order valence-electron chi connectivity index (χ2n) is 8.32. The molecule has 34 heavy (non-hydrogen) atoms. The number of aliphatic hydroxyl groups excluding tert-OH is 1. The molecule has 1 aliphatic heterocycles. The van der Waals surface area contributed by atoms with Crippen molar-refractivity contribution in [3.05, 3.63) is 101 Å². The second-order valence-corrected chi connectivity index (χ2v) is 8.32. The zero-order valence-corrected chi connectivity index (χ0v) is 19.5. The highest BCUT2D eigenvalue weighted by molar-refractivity contribution is 6.15. The normalized spacial score (nSPS) is 16.9. The smallest absolute Gasteiger partial charge is 0.290 e. The van der Waals surface area contributed by atoms with Crippen LogP contribution in [0.2, 0.25) is 0 Å². The number of furan rings is 1. The van der Waals surface area contributed by atoms with E-state index >= 15 is 0 Å². The van der Waals surface area contributed by atoms with Gasteiger partial charge in [0.1, 0.15) is 5.75 Å². The van der Waals surface area contributed by atoms with Crippen LogP contribution >= 0.6 is 0 Å². The Morgan fingerprint density at radius 3 is 2.38 bits per heavy atom. The Morgan fingerprint density at radius 1 is 1.09 bits per heavy atom. The Labute approximate surface area is 198 Å². The van der Waals surface area contributed by atoms with Crippen LogP contribution in [0.4, 0.5) is 0 Å². The van der Waals surface area contributed by atoms with Gasteiger partial charge >= 0.3 is 0 Å². The minimum atomic E-state index is -0.739. The zero-order chi connectivity index (χ0) is 24.2. The van der Waals surface area contributed by atoms with Crippen molar-refractivity contribution >= 4 is 11.7 Å². The topological polar surface area (TPSA) is 83.2 Å². The highest BCUT2D eigenvalue weighted by atomic mass is 16.5. The van der Waals surface area contributed by atoms with Gasteiger partial charge in [-0.25, -0.2) is 0 Å². The monoisotopic (exact) mass is 460 g/mol. The standard InChI is InChI=1S/C27H28N2O5/c1-4-33-20-14-12-18(13-15-20)21(28(2)3)17-29-24(19-9-6-5-7-10-19)23(26(31)27(29)32)25(30)22-11-8-16-34-22/h5-16,21,24,31H,4,17H2,1-3H3. The Kier molecular flexibility index (Phi) is 6.84. The summed E-state index contributed by atoms with van der Waals surface area (Å²) < 4.78 is 10.8. The van der Waals surface area contributed by atoms with Gasteiger partial charge in [0, 0.05) is 6.54 Å². The summed E-state index contributed by atoms with van der Waals surface area (Å²) in [4.78, 5) is 30.1. The van der Waals surface area contributed by atoms with Crippen LogP contribution < -0.4 is 4.74 Å². The molecule has 2 atom stereocenters. The van der Waals surface area contributed by atoms with Gasteiger partial charge in [-0.15, -0.1) is 0 Å². The Balaban J connectivity index is 1.72. The van der Waals surface area contributed by atoms with Crippen LogP contribution in [-0.4, -0.2) is 53.8 Å². The second kappa shape index (κ2) is 9.97. The van der Waals surface area contributed by atoms with E-state index in [1.165, 1.54) is 12.3 Å². The molecule has 2 aromatic carbocycles. The van der Waals surface area contributed by atoms with E-state index in [1.807, 2.05) is 80.5 Å². The molecule has 0 spiro atoms. The van der Waals surface area contributed by atoms with Crippen LogP contribution in [0.3, 0.4) is 0 Å². The number of hydrogen-bond acceptors (Lipinski definition) is 6. The number of ketones is 1. The average Bonchev–Trinajstić information content (AvgIpc) is 3.46. The first kappa shape index (κ1) is 23.3. The summed E-state index contributed by atoms with van der Waals surface area (Å²) in [5.41, 5.74) is 1.74. The average molecular weight is 461 g/mol. The van der Waals surface area contributed by atoms with Crippen molar-refractivity contribution in [1.29, 1.82) is 0 Å². The molecule has 0 saturated heterocycles. The predicted octanol–water partition coefficient (Wildman–Crippen LogP) is 4.56. The first-order valence-corrected chi connectivity index (χ1v) is 11.2. The van der Waals surface area contributed by atoms with Gasteiger partial charge in [0.25, 0.3) is 5.91 Å². The molecule has 0 aliphatic carbocycles. The van der Waals surface area contributed by atoms with Gasteiger partial charge < -0.3 is 24.1 Å².